The van der Waals surface area contributed by atoms with Crippen LogP contribution in [0.15, 0.2) is 49.2 Å². The lowest BCUT2D eigenvalue weighted by molar-refractivity contribution is 0.102. The average molecular weight is 414 g/mol. The standard InChI is InChI=1S/C20H17Cl2N5O/c21-17-4-3-15(8-18(17)22)26-20(28)13-7-16(14-9-23-12-24-10-14)19(25-11-13)27-5-1-2-6-27/h3-4,7-12H,1-2,5-6H2,(H,26,28). The highest BCUT2D eigenvalue weighted by Gasteiger charge is 2.20. The van der Waals surface area contributed by atoms with E-state index in [0.717, 1.165) is 42.9 Å². The Hall–Kier alpha value is -2.70. The normalized spacial score (nSPS) is 13.6. The highest BCUT2D eigenvalue weighted by molar-refractivity contribution is 6.42. The zero-order valence-corrected chi connectivity index (χ0v) is 16.4. The van der Waals surface area contributed by atoms with Crippen molar-refractivity contribution in [2.24, 2.45) is 0 Å². The second-order valence-corrected chi connectivity index (χ2v) is 7.31. The predicted octanol–water partition coefficient (Wildman–Crippen LogP) is 4.70. The van der Waals surface area contributed by atoms with Crippen LogP contribution in [-0.2, 0) is 0 Å². The van der Waals surface area contributed by atoms with E-state index in [1.807, 2.05) is 6.07 Å². The molecule has 1 aliphatic heterocycles. The lowest BCUT2D eigenvalue weighted by atomic mass is 10.1. The van der Waals surface area contributed by atoms with Crippen molar-refractivity contribution in [3.8, 4) is 11.1 Å². The molecule has 1 amide bonds. The topological polar surface area (TPSA) is 71.0 Å². The summed E-state index contributed by atoms with van der Waals surface area (Å²) in [6, 6.07) is 6.77. The van der Waals surface area contributed by atoms with Crippen molar-refractivity contribution < 1.29 is 4.79 Å². The number of nitrogens with zero attached hydrogens (tertiary/aromatic N) is 4. The Kier molecular flexibility index (Phi) is 5.41. The van der Waals surface area contributed by atoms with Crippen molar-refractivity contribution in [1.29, 1.82) is 0 Å². The zero-order chi connectivity index (χ0) is 19.5. The van der Waals surface area contributed by atoms with Crippen molar-refractivity contribution in [3.05, 3.63) is 64.8 Å². The van der Waals surface area contributed by atoms with E-state index >= 15 is 0 Å². The summed E-state index contributed by atoms with van der Waals surface area (Å²) in [6.45, 7) is 1.89. The molecule has 0 unspecified atom stereocenters. The molecule has 1 N–H and O–H groups in total. The maximum Gasteiger partial charge on any atom is 0.257 e. The van der Waals surface area contributed by atoms with Crippen LogP contribution in [0.3, 0.4) is 0 Å². The van der Waals surface area contributed by atoms with Crippen LogP contribution in [0.4, 0.5) is 11.5 Å². The van der Waals surface area contributed by atoms with Gasteiger partial charge >= 0.3 is 0 Å². The van der Waals surface area contributed by atoms with Crippen LogP contribution >= 0.6 is 23.2 Å². The molecule has 0 radical (unpaired) electrons. The number of carbonyl (C=O) groups is 1. The molecule has 1 aliphatic rings. The summed E-state index contributed by atoms with van der Waals surface area (Å²) >= 11 is 12.0. The first-order chi connectivity index (χ1) is 13.6. The molecule has 3 heterocycles. The molecule has 6 nitrogen and oxygen atoms in total. The van der Waals surface area contributed by atoms with Gasteiger partial charge in [0.2, 0.25) is 0 Å². The SMILES string of the molecule is O=C(Nc1ccc(Cl)c(Cl)c1)c1cnc(N2CCCC2)c(-c2cncnc2)c1. The van der Waals surface area contributed by atoms with Crippen LogP contribution in [0.2, 0.25) is 10.0 Å². The van der Waals surface area contributed by atoms with Crippen LogP contribution in [0.5, 0.6) is 0 Å². The Balaban J connectivity index is 1.67. The summed E-state index contributed by atoms with van der Waals surface area (Å²) < 4.78 is 0. The molecule has 0 bridgehead atoms. The Bertz CT molecular complexity index is 1010. The minimum absolute atomic E-state index is 0.281. The summed E-state index contributed by atoms with van der Waals surface area (Å²) in [7, 11) is 0. The predicted molar refractivity (Wildman–Crippen MR) is 111 cm³/mol. The molecule has 1 fully saturated rings. The van der Waals surface area contributed by atoms with E-state index in [1.54, 1.807) is 36.8 Å². The van der Waals surface area contributed by atoms with E-state index in [4.69, 9.17) is 23.2 Å². The Labute approximate surface area is 172 Å². The fourth-order valence-corrected chi connectivity index (χ4v) is 3.49. The van der Waals surface area contributed by atoms with E-state index < -0.39 is 0 Å². The van der Waals surface area contributed by atoms with Crippen LogP contribution in [0, 0.1) is 0 Å². The Morgan fingerprint density at radius 1 is 1.00 bits per heavy atom. The third-order valence-electron chi connectivity index (χ3n) is 4.58. The summed E-state index contributed by atoms with van der Waals surface area (Å²) in [5, 5.41) is 3.64. The molecular formula is C20H17Cl2N5O. The molecule has 4 rings (SSSR count). The molecule has 0 spiro atoms. The zero-order valence-electron chi connectivity index (χ0n) is 14.9. The molecule has 3 aromatic rings. The fourth-order valence-electron chi connectivity index (χ4n) is 3.19. The minimum Gasteiger partial charge on any atom is -0.356 e. The van der Waals surface area contributed by atoms with Gasteiger partial charge in [-0.25, -0.2) is 15.0 Å². The van der Waals surface area contributed by atoms with Gasteiger partial charge in [-0.3, -0.25) is 4.79 Å². The summed E-state index contributed by atoms with van der Waals surface area (Å²) in [4.78, 5) is 27.8. The van der Waals surface area contributed by atoms with Crippen molar-refractivity contribution in [3.63, 3.8) is 0 Å². The number of rotatable bonds is 4. The van der Waals surface area contributed by atoms with Gasteiger partial charge in [0, 0.05) is 48.5 Å². The first-order valence-electron chi connectivity index (χ1n) is 8.88. The minimum atomic E-state index is -0.281. The number of halogens is 2. The fraction of sp³-hybridized carbons (Fsp3) is 0.200. The van der Waals surface area contributed by atoms with Gasteiger partial charge in [0.05, 0.1) is 15.6 Å². The van der Waals surface area contributed by atoms with Gasteiger partial charge < -0.3 is 10.2 Å². The lowest BCUT2D eigenvalue weighted by Crippen LogP contribution is -2.21. The van der Waals surface area contributed by atoms with E-state index in [1.165, 1.54) is 6.33 Å². The average Bonchev–Trinajstić information content (AvgIpc) is 3.25. The largest absolute Gasteiger partial charge is 0.356 e. The lowest BCUT2D eigenvalue weighted by Gasteiger charge is -2.20. The smallest absolute Gasteiger partial charge is 0.257 e. The van der Waals surface area contributed by atoms with Crippen molar-refractivity contribution in [2.75, 3.05) is 23.3 Å². The number of hydrogen-bond donors (Lipinski definition) is 1. The second kappa shape index (κ2) is 8.12. The van der Waals surface area contributed by atoms with E-state index in [9.17, 15) is 4.79 Å². The summed E-state index contributed by atoms with van der Waals surface area (Å²) in [5.41, 5.74) is 2.66. The molecule has 0 aliphatic carbocycles. The molecule has 2 aromatic heterocycles. The molecule has 1 saturated heterocycles. The number of benzene rings is 1. The van der Waals surface area contributed by atoms with Crippen LogP contribution in [0.25, 0.3) is 11.1 Å². The van der Waals surface area contributed by atoms with Gasteiger partial charge in [-0.05, 0) is 37.1 Å². The maximum atomic E-state index is 12.8. The van der Waals surface area contributed by atoms with Crippen molar-refractivity contribution in [2.45, 2.75) is 12.8 Å². The second-order valence-electron chi connectivity index (χ2n) is 6.50. The highest BCUT2D eigenvalue weighted by Crippen LogP contribution is 2.31. The molecule has 28 heavy (non-hydrogen) atoms. The van der Waals surface area contributed by atoms with Gasteiger partial charge in [0.15, 0.2) is 0 Å². The number of hydrogen-bond acceptors (Lipinski definition) is 5. The van der Waals surface area contributed by atoms with Crippen molar-refractivity contribution in [1.82, 2.24) is 15.0 Å². The van der Waals surface area contributed by atoms with Gasteiger partial charge in [-0.15, -0.1) is 0 Å². The number of anilines is 2. The van der Waals surface area contributed by atoms with Gasteiger partial charge in [0.25, 0.3) is 5.91 Å². The van der Waals surface area contributed by atoms with E-state index in [-0.39, 0.29) is 5.91 Å². The Morgan fingerprint density at radius 2 is 1.75 bits per heavy atom. The molecule has 0 saturated carbocycles. The number of amides is 1. The van der Waals surface area contributed by atoms with Crippen LogP contribution < -0.4 is 10.2 Å². The molecular weight excluding hydrogens is 397 g/mol. The van der Waals surface area contributed by atoms with Gasteiger partial charge in [-0.2, -0.15) is 0 Å². The summed E-state index contributed by atoms with van der Waals surface area (Å²) in [6.07, 6.45) is 8.79. The number of aromatic nitrogens is 3. The highest BCUT2D eigenvalue weighted by atomic mass is 35.5. The van der Waals surface area contributed by atoms with Crippen LogP contribution in [0.1, 0.15) is 23.2 Å². The van der Waals surface area contributed by atoms with E-state index in [2.05, 4.69) is 25.2 Å². The molecule has 0 atom stereocenters. The number of nitrogens with one attached hydrogen (secondary N) is 1. The Morgan fingerprint density at radius 3 is 2.46 bits per heavy atom. The van der Waals surface area contributed by atoms with Crippen molar-refractivity contribution >= 4 is 40.6 Å². The molecule has 142 valence electrons. The molecule has 1 aromatic carbocycles. The summed E-state index contributed by atoms with van der Waals surface area (Å²) in [5.74, 6) is 0.565. The number of pyridine rings is 1. The quantitative estimate of drug-likeness (QED) is 0.670. The van der Waals surface area contributed by atoms with Gasteiger partial charge in [0.1, 0.15) is 12.1 Å². The number of carbonyl (C=O) groups excluding carboxylic acids is 1. The van der Waals surface area contributed by atoms with Crippen LogP contribution in [-0.4, -0.2) is 33.9 Å². The first-order valence-corrected chi connectivity index (χ1v) is 9.64. The third-order valence-corrected chi connectivity index (χ3v) is 5.32. The van der Waals surface area contributed by atoms with E-state index in [0.29, 0.717) is 21.3 Å². The maximum absolute atomic E-state index is 12.8. The first kappa shape index (κ1) is 18.7. The van der Waals surface area contributed by atoms with Gasteiger partial charge in [-0.1, -0.05) is 23.2 Å². The third kappa shape index (κ3) is 3.93. The monoisotopic (exact) mass is 413 g/mol. The molecule has 8 heteroatoms.